The first-order chi connectivity index (χ1) is 11.5. The molecule has 2 aromatic heterocycles. The molecule has 0 saturated carbocycles. The number of amides is 1. The molecule has 0 aliphatic carbocycles. The summed E-state index contributed by atoms with van der Waals surface area (Å²) in [6.07, 6.45) is 3.45. The second-order valence-electron chi connectivity index (χ2n) is 7.42. The Labute approximate surface area is 142 Å². The van der Waals surface area contributed by atoms with Gasteiger partial charge < -0.3 is 10.2 Å². The van der Waals surface area contributed by atoms with Gasteiger partial charge in [0.05, 0.1) is 17.0 Å². The predicted octanol–water partition coefficient (Wildman–Crippen LogP) is 1.80. The molecule has 0 atom stereocenters. The summed E-state index contributed by atoms with van der Waals surface area (Å²) < 4.78 is 1.78. The first-order valence-corrected chi connectivity index (χ1v) is 8.80. The van der Waals surface area contributed by atoms with Crippen LogP contribution in [0, 0.1) is 19.3 Å². The van der Waals surface area contributed by atoms with E-state index >= 15 is 0 Å². The van der Waals surface area contributed by atoms with Crippen molar-refractivity contribution in [2.75, 3.05) is 26.2 Å². The first-order valence-electron chi connectivity index (χ1n) is 8.80. The van der Waals surface area contributed by atoms with Crippen molar-refractivity contribution in [1.29, 1.82) is 0 Å². The number of piperidine rings is 1. The smallest absolute Gasteiger partial charge is 0.255 e. The fourth-order valence-electron chi connectivity index (χ4n) is 4.23. The molecule has 2 aliphatic rings. The van der Waals surface area contributed by atoms with Crippen LogP contribution in [0.25, 0.3) is 11.0 Å². The van der Waals surface area contributed by atoms with Gasteiger partial charge in [-0.05, 0) is 51.1 Å². The number of aryl methyl sites for hydroxylation is 3. The number of aromatic nitrogens is 3. The fraction of sp³-hybridized carbons (Fsp3) is 0.611. The number of hydrogen-bond acceptors (Lipinski definition) is 4. The van der Waals surface area contributed by atoms with E-state index in [0.29, 0.717) is 5.41 Å². The number of pyridine rings is 1. The highest BCUT2D eigenvalue weighted by atomic mass is 16.2. The molecule has 128 valence electrons. The van der Waals surface area contributed by atoms with Gasteiger partial charge >= 0.3 is 0 Å². The van der Waals surface area contributed by atoms with Gasteiger partial charge in [0.1, 0.15) is 0 Å². The van der Waals surface area contributed by atoms with Gasteiger partial charge in [-0.15, -0.1) is 0 Å². The number of carbonyl (C=O) groups is 1. The zero-order chi connectivity index (χ0) is 16.9. The highest BCUT2D eigenvalue weighted by Crippen LogP contribution is 2.37. The molecule has 2 aliphatic heterocycles. The molecule has 1 N–H and O–H groups in total. The zero-order valence-corrected chi connectivity index (χ0v) is 14.7. The first kappa shape index (κ1) is 15.6. The summed E-state index contributed by atoms with van der Waals surface area (Å²) in [5.74, 6) is 0.117. The van der Waals surface area contributed by atoms with Gasteiger partial charge in [-0.2, -0.15) is 5.10 Å². The molecular weight excluding hydrogens is 302 g/mol. The minimum atomic E-state index is 0.117. The third-order valence-electron chi connectivity index (χ3n) is 5.86. The molecule has 1 spiro atoms. The number of fused-ring (bicyclic) bond motifs is 1. The second kappa shape index (κ2) is 5.55. The maximum Gasteiger partial charge on any atom is 0.255 e. The second-order valence-corrected chi connectivity index (χ2v) is 7.42. The molecule has 6 heteroatoms. The SMILES string of the molecule is Cc1nc2c(cc1C(=O)N1CCC3(CCNC3)CC1)c(C)nn2C. The number of rotatable bonds is 1. The molecule has 1 amide bonds. The van der Waals surface area contributed by atoms with Crippen molar-refractivity contribution in [3.05, 3.63) is 23.0 Å². The van der Waals surface area contributed by atoms with Crippen molar-refractivity contribution in [3.8, 4) is 0 Å². The average Bonchev–Trinajstić information content (AvgIpc) is 3.12. The van der Waals surface area contributed by atoms with E-state index in [0.717, 1.165) is 67.0 Å². The van der Waals surface area contributed by atoms with Gasteiger partial charge in [0.2, 0.25) is 0 Å². The molecule has 2 saturated heterocycles. The molecule has 0 unspecified atom stereocenters. The molecule has 2 aromatic rings. The monoisotopic (exact) mass is 327 g/mol. The molecule has 6 nitrogen and oxygen atoms in total. The van der Waals surface area contributed by atoms with Crippen LogP contribution < -0.4 is 5.32 Å². The summed E-state index contributed by atoms with van der Waals surface area (Å²) >= 11 is 0. The van der Waals surface area contributed by atoms with Crippen molar-refractivity contribution in [2.24, 2.45) is 12.5 Å². The fourth-order valence-corrected chi connectivity index (χ4v) is 4.23. The number of nitrogens with one attached hydrogen (secondary N) is 1. The summed E-state index contributed by atoms with van der Waals surface area (Å²) in [4.78, 5) is 19.7. The number of carbonyl (C=O) groups excluding carboxylic acids is 1. The summed E-state index contributed by atoms with van der Waals surface area (Å²) in [5.41, 5.74) is 3.70. The third-order valence-corrected chi connectivity index (χ3v) is 5.86. The lowest BCUT2D eigenvalue weighted by Gasteiger charge is -2.39. The van der Waals surface area contributed by atoms with Gasteiger partial charge in [-0.25, -0.2) is 4.98 Å². The molecule has 0 radical (unpaired) electrons. The Bertz CT molecular complexity index is 793. The van der Waals surface area contributed by atoms with Crippen LogP contribution in [-0.4, -0.2) is 51.8 Å². The van der Waals surface area contributed by atoms with Crippen LogP contribution in [0.15, 0.2) is 6.07 Å². The van der Waals surface area contributed by atoms with Gasteiger partial charge in [0, 0.05) is 32.1 Å². The quantitative estimate of drug-likeness (QED) is 0.867. The highest BCUT2D eigenvalue weighted by molar-refractivity contribution is 5.98. The minimum Gasteiger partial charge on any atom is -0.339 e. The lowest BCUT2D eigenvalue weighted by molar-refractivity contribution is 0.0606. The Morgan fingerprint density at radius 1 is 1.21 bits per heavy atom. The van der Waals surface area contributed by atoms with E-state index in [9.17, 15) is 4.79 Å². The summed E-state index contributed by atoms with van der Waals surface area (Å²) in [5, 5.41) is 8.86. The van der Waals surface area contributed by atoms with E-state index in [-0.39, 0.29) is 5.91 Å². The van der Waals surface area contributed by atoms with Crippen molar-refractivity contribution in [2.45, 2.75) is 33.1 Å². The van der Waals surface area contributed by atoms with Crippen LogP contribution in [0.3, 0.4) is 0 Å². The van der Waals surface area contributed by atoms with Crippen molar-refractivity contribution in [3.63, 3.8) is 0 Å². The van der Waals surface area contributed by atoms with Gasteiger partial charge in [0.25, 0.3) is 5.91 Å². The normalized spacial score (nSPS) is 20.2. The predicted molar refractivity (Wildman–Crippen MR) is 93.0 cm³/mol. The van der Waals surface area contributed by atoms with Crippen molar-refractivity contribution < 1.29 is 4.79 Å². The maximum atomic E-state index is 13.0. The average molecular weight is 327 g/mol. The van der Waals surface area contributed by atoms with E-state index < -0.39 is 0 Å². The van der Waals surface area contributed by atoms with E-state index in [2.05, 4.69) is 15.4 Å². The van der Waals surface area contributed by atoms with Crippen molar-refractivity contribution >= 4 is 16.9 Å². The van der Waals surface area contributed by atoms with Gasteiger partial charge in [-0.1, -0.05) is 0 Å². The Morgan fingerprint density at radius 2 is 1.96 bits per heavy atom. The molecule has 0 bridgehead atoms. The summed E-state index contributed by atoms with van der Waals surface area (Å²) in [6, 6.07) is 1.98. The number of nitrogens with zero attached hydrogens (tertiary/aromatic N) is 4. The minimum absolute atomic E-state index is 0.117. The summed E-state index contributed by atoms with van der Waals surface area (Å²) in [6.45, 7) is 7.81. The highest BCUT2D eigenvalue weighted by Gasteiger charge is 2.38. The van der Waals surface area contributed by atoms with Crippen LogP contribution in [0.4, 0.5) is 0 Å². The molecule has 4 heterocycles. The Hall–Kier alpha value is -1.95. The topological polar surface area (TPSA) is 63.1 Å². The molecular formula is C18H25N5O. The summed E-state index contributed by atoms with van der Waals surface area (Å²) in [7, 11) is 1.89. The lowest BCUT2D eigenvalue weighted by atomic mass is 9.78. The lowest BCUT2D eigenvalue weighted by Crippen LogP contribution is -2.44. The van der Waals surface area contributed by atoms with Crippen LogP contribution in [-0.2, 0) is 7.05 Å². The van der Waals surface area contributed by atoms with Crippen LogP contribution in [0.1, 0.15) is 41.0 Å². The van der Waals surface area contributed by atoms with Gasteiger partial charge in [0.15, 0.2) is 5.65 Å². The number of hydrogen-bond donors (Lipinski definition) is 1. The van der Waals surface area contributed by atoms with E-state index in [1.165, 1.54) is 6.42 Å². The molecule has 24 heavy (non-hydrogen) atoms. The number of likely N-dealkylation sites (tertiary alicyclic amines) is 1. The van der Waals surface area contributed by atoms with E-state index in [4.69, 9.17) is 0 Å². The van der Waals surface area contributed by atoms with Crippen LogP contribution >= 0.6 is 0 Å². The van der Waals surface area contributed by atoms with Crippen LogP contribution in [0.2, 0.25) is 0 Å². The molecule has 4 rings (SSSR count). The molecule has 2 fully saturated rings. The van der Waals surface area contributed by atoms with E-state index in [1.807, 2.05) is 31.9 Å². The maximum absolute atomic E-state index is 13.0. The Balaban J connectivity index is 1.59. The zero-order valence-electron chi connectivity index (χ0n) is 14.7. The molecule has 0 aromatic carbocycles. The van der Waals surface area contributed by atoms with Gasteiger partial charge in [-0.3, -0.25) is 9.48 Å². The Kier molecular flexibility index (Phi) is 3.60. The van der Waals surface area contributed by atoms with E-state index in [1.54, 1.807) is 4.68 Å². The van der Waals surface area contributed by atoms with Crippen molar-refractivity contribution in [1.82, 2.24) is 25.0 Å². The standard InChI is InChI=1S/C18H25N5O/c1-12-15(10-14-13(2)21-22(3)16(14)20-12)17(24)23-8-5-18(6-9-23)4-7-19-11-18/h10,19H,4-9,11H2,1-3H3. The third kappa shape index (κ3) is 2.40. The Morgan fingerprint density at radius 3 is 2.62 bits per heavy atom. The van der Waals surface area contributed by atoms with Crippen LogP contribution in [0.5, 0.6) is 0 Å². The largest absolute Gasteiger partial charge is 0.339 e.